The second-order valence-corrected chi connectivity index (χ2v) is 5.82. The molecule has 0 saturated heterocycles. The van der Waals surface area contributed by atoms with Crippen LogP contribution in [0.15, 0.2) is 23.3 Å². The van der Waals surface area contributed by atoms with Gasteiger partial charge in [0.05, 0.1) is 23.5 Å². The van der Waals surface area contributed by atoms with Crippen molar-refractivity contribution in [1.82, 2.24) is 0 Å². The van der Waals surface area contributed by atoms with Gasteiger partial charge in [-0.25, -0.2) is 0 Å². The number of amides is 1. The van der Waals surface area contributed by atoms with E-state index < -0.39 is 0 Å². The lowest BCUT2D eigenvalue weighted by atomic mass is 9.88. The van der Waals surface area contributed by atoms with Gasteiger partial charge in [0.1, 0.15) is 0 Å². The van der Waals surface area contributed by atoms with Crippen LogP contribution in [0.4, 0.5) is 11.4 Å². The smallest absolute Gasteiger partial charge is 0.253 e. The van der Waals surface area contributed by atoms with Gasteiger partial charge in [0.2, 0.25) is 0 Å². The molecule has 1 aromatic carbocycles. The zero-order valence-corrected chi connectivity index (χ0v) is 11.5. The highest BCUT2D eigenvalue weighted by Gasteiger charge is 2.32. The van der Waals surface area contributed by atoms with Gasteiger partial charge in [-0.05, 0) is 18.2 Å². The van der Waals surface area contributed by atoms with E-state index >= 15 is 0 Å². The third-order valence-corrected chi connectivity index (χ3v) is 3.09. The minimum atomic E-state index is -0.119. The van der Waals surface area contributed by atoms with Crippen LogP contribution in [0, 0.1) is 5.41 Å². The van der Waals surface area contributed by atoms with Crippen molar-refractivity contribution in [3.63, 3.8) is 0 Å². The Bertz CT molecular complexity index is 532. The summed E-state index contributed by atoms with van der Waals surface area (Å²) in [7, 11) is 0. The third kappa shape index (κ3) is 2.34. The van der Waals surface area contributed by atoms with Crippen LogP contribution in [-0.2, 0) is 4.79 Å². The highest BCUT2D eigenvalue weighted by atomic mass is 35.5. The average molecular weight is 266 g/mol. The van der Waals surface area contributed by atoms with Gasteiger partial charge < -0.3 is 5.73 Å². The molecule has 0 aliphatic carbocycles. The van der Waals surface area contributed by atoms with Crippen molar-refractivity contribution >= 4 is 34.6 Å². The van der Waals surface area contributed by atoms with Crippen molar-refractivity contribution < 1.29 is 4.79 Å². The number of halogens is 1. The van der Waals surface area contributed by atoms with E-state index in [9.17, 15) is 4.79 Å². The summed E-state index contributed by atoms with van der Waals surface area (Å²) in [5.74, 6) is -0.0612. The molecule has 0 bridgehead atoms. The Hall–Kier alpha value is -1.55. The summed E-state index contributed by atoms with van der Waals surface area (Å²) in [4.78, 5) is 12.0. The van der Waals surface area contributed by atoms with Crippen molar-refractivity contribution in [2.24, 2.45) is 10.5 Å². The maximum atomic E-state index is 12.0. The number of carbonyl (C=O) groups excluding carboxylic acids is 1. The van der Waals surface area contributed by atoms with Gasteiger partial charge in [0.15, 0.2) is 0 Å². The number of hydrazone groups is 1. The van der Waals surface area contributed by atoms with Crippen LogP contribution < -0.4 is 10.7 Å². The Morgan fingerprint density at radius 1 is 1.39 bits per heavy atom. The van der Waals surface area contributed by atoms with E-state index in [1.807, 2.05) is 20.8 Å². The Morgan fingerprint density at radius 2 is 2.06 bits per heavy atom. The number of rotatable bonds is 1. The molecule has 0 aromatic heterocycles. The molecule has 5 heteroatoms. The molecule has 0 saturated carbocycles. The number of hydrogen-bond donors (Lipinski definition) is 1. The zero-order valence-electron chi connectivity index (χ0n) is 10.7. The van der Waals surface area contributed by atoms with Gasteiger partial charge in [-0.2, -0.15) is 10.1 Å². The second-order valence-electron chi connectivity index (χ2n) is 5.38. The lowest BCUT2D eigenvalue weighted by Crippen LogP contribution is -2.21. The molecule has 0 atom stereocenters. The normalized spacial score (nSPS) is 16.1. The number of nitrogens with two attached hydrogens (primary N) is 1. The zero-order chi connectivity index (χ0) is 13.5. The molecular formula is C13H16ClN3O. The summed E-state index contributed by atoms with van der Waals surface area (Å²) >= 11 is 5.84. The SMILES string of the molecule is CC(C)(C)C1=NN(c2ccc(Cl)cc2N)C(=O)C1. The molecule has 4 nitrogen and oxygen atoms in total. The van der Waals surface area contributed by atoms with Crippen LogP contribution in [0.5, 0.6) is 0 Å². The predicted molar refractivity (Wildman–Crippen MR) is 74.9 cm³/mol. The van der Waals surface area contributed by atoms with Gasteiger partial charge in [-0.3, -0.25) is 4.79 Å². The Kier molecular flexibility index (Phi) is 3.07. The molecule has 1 aliphatic rings. The van der Waals surface area contributed by atoms with E-state index in [0.717, 1.165) is 5.71 Å². The van der Waals surface area contributed by atoms with Crippen LogP contribution in [0.1, 0.15) is 27.2 Å². The fourth-order valence-electron chi connectivity index (χ4n) is 1.75. The summed E-state index contributed by atoms with van der Waals surface area (Å²) in [5.41, 5.74) is 7.65. The first-order valence-corrected chi connectivity index (χ1v) is 6.13. The van der Waals surface area contributed by atoms with Crippen LogP contribution in [-0.4, -0.2) is 11.6 Å². The molecule has 2 N–H and O–H groups in total. The molecule has 18 heavy (non-hydrogen) atoms. The average Bonchev–Trinajstić information content (AvgIpc) is 2.60. The van der Waals surface area contributed by atoms with E-state index in [1.54, 1.807) is 18.2 Å². The van der Waals surface area contributed by atoms with Crippen molar-refractivity contribution in [2.75, 3.05) is 10.7 Å². The fraction of sp³-hybridized carbons (Fsp3) is 0.385. The fourth-order valence-corrected chi connectivity index (χ4v) is 1.93. The van der Waals surface area contributed by atoms with Crippen molar-refractivity contribution in [1.29, 1.82) is 0 Å². The lowest BCUT2D eigenvalue weighted by molar-refractivity contribution is -0.116. The summed E-state index contributed by atoms with van der Waals surface area (Å²) in [6.07, 6.45) is 0.339. The second kappa shape index (κ2) is 4.28. The first-order chi connectivity index (χ1) is 8.29. The maximum absolute atomic E-state index is 12.0. The van der Waals surface area contributed by atoms with Gasteiger partial charge >= 0.3 is 0 Å². The Labute approximate surface area is 111 Å². The van der Waals surface area contributed by atoms with Gasteiger partial charge in [-0.1, -0.05) is 32.4 Å². The topological polar surface area (TPSA) is 58.7 Å². The van der Waals surface area contributed by atoms with Crippen molar-refractivity contribution in [2.45, 2.75) is 27.2 Å². The summed E-state index contributed by atoms with van der Waals surface area (Å²) < 4.78 is 0. The number of benzene rings is 1. The quantitative estimate of drug-likeness (QED) is 0.794. The summed E-state index contributed by atoms with van der Waals surface area (Å²) in [6.45, 7) is 6.11. The van der Waals surface area contributed by atoms with E-state index in [2.05, 4.69) is 5.10 Å². The molecule has 1 aliphatic heterocycles. The minimum absolute atomic E-state index is 0.0612. The maximum Gasteiger partial charge on any atom is 0.253 e. The van der Waals surface area contributed by atoms with Gasteiger partial charge in [0.25, 0.3) is 5.91 Å². The highest BCUT2D eigenvalue weighted by molar-refractivity contribution is 6.31. The van der Waals surface area contributed by atoms with Gasteiger partial charge in [0, 0.05) is 10.4 Å². The third-order valence-electron chi connectivity index (χ3n) is 2.86. The Balaban J connectivity index is 2.40. The highest BCUT2D eigenvalue weighted by Crippen LogP contribution is 2.32. The van der Waals surface area contributed by atoms with Crippen molar-refractivity contribution in [3.8, 4) is 0 Å². The lowest BCUT2D eigenvalue weighted by Gasteiger charge is -2.17. The largest absolute Gasteiger partial charge is 0.397 e. The van der Waals surface area contributed by atoms with E-state index in [-0.39, 0.29) is 11.3 Å². The Morgan fingerprint density at radius 3 is 2.56 bits per heavy atom. The molecule has 0 spiro atoms. The number of carbonyl (C=O) groups is 1. The van der Waals surface area contributed by atoms with E-state index in [0.29, 0.717) is 22.8 Å². The number of anilines is 2. The molecule has 2 rings (SSSR count). The summed E-state index contributed by atoms with van der Waals surface area (Å²) in [5, 5.41) is 6.29. The summed E-state index contributed by atoms with van der Waals surface area (Å²) in [6, 6.07) is 5.03. The van der Waals surface area contributed by atoms with E-state index in [4.69, 9.17) is 17.3 Å². The van der Waals surface area contributed by atoms with Crippen LogP contribution in [0.25, 0.3) is 0 Å². The predicted octanol–water partition coefficient (Wildman–Crippen LogP) is 3.06. The van der Waals surface area contributed by atoms with Crippen LogP contribution >= 0.6 is 11.6 Å². The van der Waals surface area contributed by atoms with Crippen LogP contribution in [0.2, 0.25) is 5.02 Å². The molecule has 1 heterocycles. The monoisotopic (exact) mass is 265 g/mol. The van der Waals surface area contributed by atoms with Crippen molar-refractivity contribution in [3.05, 3.63) is 23.2 Å². The minimum Gasteiger partial charge on any atom is -0.397 e. The first-order valence-electron chi connectivity index (χ1n) is 5.75. The van der Waals surface area contributed by atoms with Crippen LogP contribution in [0.3, 0.4) is 0 Å². The first kappa shape index (κ1) is 12.9. The molecule has 0 radical (unpaired) electrons. The molecular weight excluding hydrogens is 250 g/mol. The molecule has 0 unspecified atom stereocenters. The number of hydrogen-bond acceptors (Lipinski definition) is 3. The standard InChI is InChI=1S/C13H16ClN3O/c1-13(2,3)11-7-12(18)17(16-11)10-5-4-8(14)6-9(10)15/h4-6H,7,15H2,1-3H3. The number of nitrogen functional groups attached to an aromatic ring is 1. The molecule has 0 fully saturated rings. The number of nitrogens with zero attached hydrogens (tertiary/aromatic N) is 2. The van der Waals surface area contributed by atoms with E-state index in [1.165, 1.54) is 5.01 Å². The molecule has 1 amide bonds. The molecule has 96 valence electrons. The van der Waals surface area contributed by atoms with Gasteiger partial charge in [-0.15, -0.1) is 0 Å². The molecule has 1 aromatic rings.